The lowest BCUT2D eigenvalue weighted by atomic mass is 10.2. The molecule has 4 aromatic rings. The Balaban J connectivity index is 1.63. The lowest BCUT2D eigenvalue weighted by Crippen LogP contribution is -2.04. The van der Waals surface area contributed by atoms with Gasteiger partial charge in [0.25, 0.3) is 0 Å². The van der Waals surface area contributed by atoms with Gasteiger partial charge in [-0.25, -0.2) is 0 Å². The smallest absolute Gasteiger partial charge is 0.0578 e. The molecule has 2 N–H and O–H groups in total. The van der Waals surface area contributed by atoms with Gasteiger partial charge in [-0.05, 0) is 48.7 Å². The van der Waals surface area contributed by atoms with Gasteiger partial charge in [0.05, 0.1) is 6.04 Å². The largest absolute Gasteiger partial charge is 0.378 e. The molecule has 0 spiro atoms. The van der Waals surface area contributed by atoms with Crippen LogP contribution in [0.5, 0.6) is 0 Å². The zero-order valence-electron chi connectivity index (χ0n) is 11.8. The first kappa shape index (κ1) is 12.5. The van der Waals surface area contributed by atoms with E-state index in [1.54, 1.807) is 0 Å². The minimum absolute atomic E-state index is 0.304. The molecule has 2 aromatic heterocycles. The van der Waals surface area contributed by atoms with Crippen LogP contribution in [0.15, 0.2) is 60.8 Å². The topological polar surface area (TPSA) is 27.8 Å². The zero-order valence-corrected chi connectivity index (χ0v) is 12.6. The molecule has 0 amide bonds. The number of H-pyrrole nitrogens is 1. The molecule has 0 saturated heterocycles. The molecule has 2 nitrogen and oxygen atoms in total. The lowest BCUT2D eigenvalue weighted by Gasteiger charge is -2.13. The summed E-state index contributed by atoms with van der Waals surface area (Å²) < 4.78 is 1.35. The molecule has 0 aliphatic heterocycles. The second-order valence-electron chi connectivity index (χ2n) is 5.33. The average Bonchev–Trinajstić information content (AvgIpc) is 3.13. The normalized spacial score (nSPS) is 12.8. The van der Waals surface area contributed by atoms with Crippen LogP contribution in [0, 0.1) is 0 Å². The van der Waals surface area contributed by atoms with Gasteiger partial charge in [0.2, 0.25) is 0 Å². The number of rotatable bonds is 3. The molecule has 0 aliphatic carbocycles. The molecule has 0 aliphatic rings. The van der Waals surface area contributed by atoms with Crippen LogP contribution in [0.4, 0.5) is 5.69 Å². The Kier molecular flexibility index (Phi) is 2.93. The molecule has 0 saturated carbocycles. The van der Waals surface area contributed by atoms with Gasteiger partial charge in [0.15, 0.2) is 0 Å². The van der Waals surface area contributed by atoms with Crippen LogP contribution in [0.1, 0.15) is 17.8 Å². The number of benzene rings is 2. The molecule has 104 valence electrons. The molecular weight excluding hydrogens is 276 g/mol. The third-order valence-electron chi connectivity index (χ3n) is 3.81. The van der Waals surface area contributed by atoms with Crippen molar-refractivity contribution in [3.8, 4) is 0 Å². The first-order valence-electron chi connectivity index (χ1n) is 7.12. The van der Waals surface area contributed by atoms with Gasteiger partial charge < -0.3 is 10.3 Å². The highest BCUT2D eigenvalue weighted by Crippen LogP contribution is 2.31. The van der Waals surface area contributed by atoms with Crippen molar-refractivity contribution in [2.45, 2.75) is 13.0 Å². The Hall–Kier alpha value is -2.26. The second kappa shape index (κ2) is 4.93. The maximum atomic E-state index is 3.60. The van der Waals surface area contributed by atoms with Gasteiger partial charge in [0, 0.05) is 32.4 Å². The van der Waals surface area contributed by atoms with Gasteiger partial charge in [0.1, 0.15) is 0 Å². The highest BCUT2D eigenvalue weighted by Gasteiger charge is 2.09. The van der Waals surface area contributed by atoms with E-state index in [4.69, 9.17) is 0 Å². The van der Waals surface area contributed by atoms with E-state index >= 15 is 0 Å². The van der Waals surface area contributed by atoms with Crippen molar-refractivity contribution in [1.82, 2.24) is 4.98 Å². The SMILES string of the molecule is CC(Nc1ccc2[nH]ccc2c1)c1cc2ccccc2s1. The summed E-state index contributed by atoms with van der Waals surface area (Å²) in [5.74, 6) is 0. The Labute approximate surface area is 127 Å². The molecule has 0 bridgehead atoms. The predicted molar refractivity (Wildman–Crippen MR) is 92.2 cm³/mol. The summed E-state index contributed by atoms with van der Waals surface area (Å²) in [5.41, 5.74) is 2.34. The third-order valence-corrected chi connectivity index (χ3v) is 5.11. The fraction of sp³-hybridized carbons (Fsp3) is 0.111. The Morgan fingerprint density at radius 1 is 1.00 bits per heavy atom. The van der Waals surface area contributed by atoms with Crippen molar-refractivity contribution in [3.05, 3.63) is 65.7 Å². The van der Waals surface area contributed by atoms with Crippen molar-refractivity contribution in [2.75, 3.05) is 5.32 Å². The van der Waals surface area contributed by atoms with E-state index in [0.29, 0.717) is 6.04 Å². The summed E-state index contributed by atoms with van der Waals surface area (Å²) in [6.07, 6.45) is 1.98. The van der Waals surface area contributed by atoms with Gasteiger partial charge in [-0.2, -0.15) is 0 Å². The van der Waals surface area contributed by atoms with Gasteiger partial charge in [-0.3, -0.25) is 0 Å². The summed E-state index contributed by atoms with van der Waals surface area (Å²) in [6, 6.07) is 19.7. The van der Waals surface area contributed by atoms with Gasteiger partial charge in [-0.1, -0.05) is 18.2 Å². The van der Waals surface area contributed by atoms with Gasteiger partial charge in [-0.15, -0.1) is 11.3 Å². The average molecular weight is 292 g/mol. The standard InChI is InChI=1S/C18H16N2S/c1-12(18-11-14-4-2-3-5-17(14)21-18)20-15-6-7-16-13(10-15)8-9-19-16/h2-12,19-20H,1H3. The van der Waals surface area contributed by atoms with Crippen LogP contribution in [0.2, 0.25) is 0 Å². The zero-order chi connectivity index (χ0) is 14.2. The second-order valence-corrected chi connectivity index (χ2v) is 6.45. The molecule has 0 fully saturated rings. The highest BCUT2D eigenvalue weighted by molar-refractivity contribution is 7.19. The lowest BCUT2D eigenvalue weighted by molar-refractivity contribution is 0.909. The van der Waals surface area contributed by atoms with Crippen LogP contribution in [-0.2, 0) is 0 Å². The molecule has 3 heteroatoms. The number of anilines is 1. The van der Waals surface area contributed by atoms with Gasteiger partial charge >= 0.3 is 0 Å². The summed E-state index contributed by atoms with van der Waals surface area (Å²) >= 11 is 1.86. The minimum Gasteiger partial charge on any atom is -0.378 e. The van der Waals surface area contributed by atoms with E-state index in [9.17, 15) is 0 Å². The number of nitrogens with one attached hydrogen (secondary N) is 2. The third kappa shape index (κ3) is 2.30. The summed E-state index contributed by atoms with van der Waals surface area (Å²) in [5, 5.41) is 6.16. The first-order chi connectivity index (χ1) is 10.3. The van der Waals surface area contributed by atoms with E-state index in [-0.39, 0.29) is 0 Å². The Morgan fingerprint density at radius 2 is 1.90 bits per heavy atom. The van der Waals surface area contributed by atoms with E-state index in [2.05, 4.69) is 71.8 Å². The fourth-order valence-corrected chi connectivity index (χ4v) is 3.75. The van der Waals surface area contributed by atoms with Crippen molar-refractivity contribution >= 4 is 38.0 Å². The van der Waals surface area contributed by atoms with E-state index < -0.39 is 0 Å². The maximum absolute atomic E-state index is 3.60. The molecule has 1 atom stereocenters. The summed E-state index contributed by atoms with van der Waals surface area (Å²) in [4.78, 5) is 4.59. The van der Waals surface area contributed by atoms with Crippen LogP contribution in [-0.4, -0.2) is 4.98 Å². The summed E-state index contributed by atoms with van der Waals surface area (Å²) in [7, 11) is 0. The molecule has 0 radical (unpaired) electrons. The van der Waals surface area contributed by atoms with Crippen molar-refractivity contribution in [3.63, 3.8) is 0 Å². The van der Waals surface area contributed by atoms with Crippen molar-refractivity contribution < 1.29 is 0 Å². The number of hydrogen-bond donors (Lipinski definition) is 2. The van der Waals surface area contributed by atoms with Crippen molar-refractivity contribution in [2.24, 2.45) is 0 Å². The van der Waals surface area contributed by atoms with Crippen LogP contribution < -0.4 is 5.32 Å². The molecule has 1 unspecified atom stereocenters. The highest BCUT2D eigenvalue weighted by atomic mass is 32.1. The van der Waals surface area contributed by atoms with Crippen LogP contribution >= 0.6 is 11.3 Å². The predicted octanol–water partition coefficient (Wildman–Crippen LogP) is 5.56. The molecular formula is C18H16N2S. The minimum atomic E-state index is 0.304. The molecule has 2 aromatic carbocycles. The van der Waals surface area contributed by atoms with Crippen LogP contribution in [0.3, 0.4) is 0 Å². The Bertz CT molecular complexity index is 871. The first-order valence-corrected chi connectivity index (χ1v) is 7.93. The Morgan fingerprint density at radius 3 is 2.81 bits per heavy atom. The number of thiophene rings is 1. The number of hydrogen-bond acceptors (Lipinski definition) is 2. The fourth-order valence-electron chi connectivity index (χ4n) is 2.68. The molecule has 21 heavy (non-hydrogen) atoms. The van der Waals surface area contributed by atoms with Crippen LogP contribution in [0.25, 0.3) is 21.0 Å². The quantitative estimate of drug-likeness (QED) is 0.508. The maximum Gasteiger partial charge on any atom is 0.0578 e. The monoisotopic (exact) mass is 292 g/mol. The van der Waals surface area contributed by atoms with E-state index in [0.717, 1.165) is 5.69 Å². The number of aromatic amines is 1. The summed E-state index contributed by atoms with van der Waals surface area (Å²) in [6.45, 7) is 2.21. The van der Waals surface area contributed by atoms with Crippen molar-refractivity contribution in [1.29, 1.82) is 0 Å². The molecule has 2 heterocycles. The van der Waals surface area contributed by atoms with E-state index in [1.807, 2.05) is 17.5 Å². The molecule has 4 rings (SSSR count). The van der Waals surface area contributed by atoms with E-state index in [1.165, 1.54) is 25.9 Å². The number of fused-ring (bicyclic) bond motifs is 2. The number of aromatic nitrogens is 1.